The maximum atomic E-state index is 13.9. The molecule has 20 heavy (non-hydrogen) atoms. The van der Waals surface area contributed by atoms with Crippen LogP contribution in [0, 0.1) is 28.9 Å². The van der Waals surface area contributed by atoms with Gasteiger partial charge in [0.25, 0.3) is 0 Å². The Labute approximate surface area is 116 Å². The number of carbonyl (C=O) groups excluding carboxylic acids is 1. The summed E-state index contributed by atoms with van der Waals surface area (Å²) in [6.07, 6.45) is 3.62. The van der Waals surface area contributed by atoms with Gasteiger partial charge in [0.15, 0.2) is 0 Å². The summed E-state index contributed by atoms with van der Waals surface area (Å²) in [6, 6.07) is 4.68. The predicted octanol–water partition coefficient (Wildman–Crippen LogP) is 3.23. The van der Waals surface area contributed by atoms with Gasteiger partial charge in [-0.2, -0.15) is 5.26 Å². The Balaban J connectivity index is 2.25. The first-order chi connectivity index (χ1) is 9.61. The molecular formula is C15H16F2N2O. The van der Waals surface area contributed by atoms with Crippen LogP contribution in [0.1, 0.15) is 43.7 Å². The van der Waals surface area contributed by atoms with Crippen LogP contribution in [-0.2, 0) is 4.79 Å². The Kier molecular flexibility index (Phi) is 4.67. The molecule has 1 aromatic rings. The van der Waals surface area contributed by atoms with E-state index in [-0.39, 0.29) is 12.3 Å². The Hall–Kier alpha value is -1.96. The second-order valence-electron chi connectivity index (χ2n) is 5.09. The molecule has 0 spiro atoms. The minimum absolute atomic E-state index is 0.137. The monoisotopic (exact) mass is 278 g/mol. The van der Waals surface area contributed by atoms with Crippen molar-refractivity contribution in [2.45, 2.75) is 38.1 Å². The summed E-state index contributed by atoms with van der Waals surface area (Å²) in [4.78, 5) is 11.6. The summed E-state index contributed by atoms with van der Waals surface area (Å²) in [7, 11) is 0. The van der Waals surface area contributed by atoms with Gasteiger partial charge in [-0.05, 0) is 24.8 Å². The van der Waals surface area contributed by atoms with Crippen molar-refractivity contribution in [3.05, 3.63) is 35.4 Å². The zero-order valence-corrected chi connectivity index (χ0v) is 11.0. The van der Waals surface area contributed by atoms with E-state index in [2.05, 4.69) is 5.32 Å². The molecule has 5 heteroatoms. The first-order valence-corrected chi connectivity index (χ1v) is 6.73. The van der Waals surface area contributed by atoms with Crippen molar-refractivity contribution in [2.75, 3.05) is 0 Å². The molecule has 0 bridgehead atoms. The highest BCUT2D eigenvalue weighted by atomic mass is 19.1. The van der Waals surface area contributed by atoms with Crippen LogP contribution in [0.2, 0.25) is 0 Å². The zero-order chi connectivity index (χ0) is 14.5. The predicted molar refractivity (Wildman–Crippen MR) is 69.4 cm³/mol. The third-order valence-electron chi connectivity index (χ3n) is 3.72. The highest BCUT2D eigenvalue weighted by Crippen LogP contribution is 2.36. The number of halogens is 2. The quantitative estimate of drug-likeness (QED) is 0.919. The number of amides is 1. The van der Waals surface area contributed by atoms with Crippen LogP contribution in [-0.4, -0.2) is 5.91 Å². The van der Waals surface area contributed by atoms with Gasteiger partial charge in [0.2, 0.25) is 5.91 Å². The highest BCUT2D eigenvalue weighted by Gasteiger charge is 2.29. The number of carbonyl (C=O) groups is 1. The molecule has 1 atom stereocenters. The number of hydrogen-bond acceptors (Lipinski definition) is 2. The molecule has 0 aliphatic heterocycles. The molecular weight excluding hydrogens is 262 g/mol. The number of rotatable bonds is 4. The van der Waals surface area contributed by atoms with E-state index in [4.69, 9.17) is 5.26 Å². The number of hydrogen-bond donors (Lipinski definition) is 1. The van der Waals surface area contributed by atoms with Gasteiger partial charge in [-0.25, -0.2) is 8.78 Å². The molecule has 106 valence electrons. The minimum Gasteiger partial charge on any atom is -0.348 e. The van der Waals surface area contributed by atoms with E-state index in [9.17, 15) is 13.6 Å². The van der Waals surface area contributed by atoms with Crippen LogP contribution in [0.4, 0.5) is 8.78 Å². The normalized spacial score (nSPS) is 16.6. The Morgan fingerprint density at radius 1 is 1.40 bits per heavy atom. The smallest absolute Gasteiger partial charge is 0.234 e. The van der Waals surface area contributed by atoms with Crippen LogP contribution >= 0.6 is 0 Å². The molecule has 0 saturated heterocycles. The van der Waals surface area contributed by atoms with Crippen LogP contribution in [0.5, 0.6) is 0 Å². The number of nitrogens with one attached hydrogen (secondary N) is 1. The molecule has 0 radical (unpaired) electrons. The van der Waals surface area contributed by atoms with E-state index in [1.165, 1.54) is 12.1 Å². The van der Waals surface area contributed by atoms with E-state index >= 15 is 0 Å². The van der Waals surface area contributed by atoms with Gasteiger partial charge in [0.1, 0.15) is 18.1 Å². The lowest BCUT2D eigenvalue weighted by molar-refractivity contribution is -0.121. The Morgan fingerprint density at radius 2 is 2.10 bits per heavy atom. The number of benzene rings is 1. The van der Waals surface area contributed by atoms with Gasteiger partial charge in [-0.15, -0.1) is 0 Å². The lowest BCUT2D eigenvalue weighted by Gasteiger charge is -2.25. The maximum absolute atomic E-state index is 13.9. The molecule has 0 aromatic heterocycles. The lowest BCUT2D eigenvalue weighted by atomic mass is 9.91. The Bertz CT molecular complexity index is 533. The first-order valence-electron chi connectivity index (χ1n) is 6.73. The molecule has 3 nitrogen and oxygen atoms in total. The van der Waals surface area contributed by atoms with Gasteiger partial charge < -0.3 is 5.32 Å². The van der Waals surface area contributed by atoms with Gasteiger partial charge in [-0.3, -0.25) is 4.79 Å². The summed E-state index contributed by atoms with van der Waals surface area (Å²) in [5.41, 5.74) is 0.296. The molecule has 1 unspecified atom stereocenters. The Morgan fingerprint density at radius 3 is 2.70 bits per heavy atom. The van der Waals surface area contributed by atoms with Crippen molar-refractivity contribution < 1.29 is 13.6 Å². The van der Waals surface area contributed by atoms with Crippen molar-refractivity contribution in [2.24, 2.45) is 5.92 Å². The third kappa shape index (κ3) is 3.32. The SMILES string of the molecule is N#CCC(=O)NC(c1ccc(F)cc1F)C1CCCC1. The van der Waals surface area contributed by atoms with Gasteiger partial charge in [-0.1, -0.05) is 18.9 Å². The van der Waals surface area contributed by atoms with E-state index in [0.29, 0.717) is 5.56 Å². The highest BCUT2D eigenvalue weighted by molar-refractivity contribution is 5.78. The molecule has 1 N–H and O–H groups in total. The van der Waals surface area contributed by atoms with Crippen LogP contribution < -0.4 is 5.32 Å². The van der Waals surface area contributed by atoms with Crippen LogP contribution in [0.15, 0.2) is 18.2 Å². The van der Waals surface area contributed by atoms with Crippen molar-refractivity contribution in [3.8, 4) is 6.07 Å². The van der Waals surface area contributed by atoms with E-state index < -0.39 is 23.6 Å². The average Bonchev–Trinajstić information content (AvgIpc) is 2.90. The second kappa shape index (κ2) is 6.47. The van der Waals surface area contributed by atoms with Gasteiger partial charge in [0.05, 0.1) is 12.1 Å². The minimum atomic E-state index is -0.654. The average molecular weight is 278 g/mol. The second-order valence-corrected chi connectivity index (χ2v) is 5.09. The van der Waals surface area contributed by atoms with Gasteiger partial charge >= 0.3 is 0 Å². The molecule has 1 aliphatic carbocycles. The van der Waals surface area contributed by atoms with Crippen molar-refractivity contribution in [1.82, 2.24) is 5.32 Å². The summed E-state index contributed by atoms with van der Waals surface area (Å²) >= 11 is 0. The van der Waals surface area contributed by atoms with Crippen molar-refractivity contribution in [1.29, 1.82) is 5.26 Å². The molecule has 1 aromatic carbocycles. The molecule has 2 rings (SSSR count). The lowest BCUT2D eigenvalue weighted by Crippen LogP contribution is -2.33. The van der Waals surface area contributed by atoms with E-state index in [1.54, 1.807) is 6.07 Å². The third-order valence-corrected chi connectivity index (χ3v) is 3.72. The fraction of sp³-hybridized carbons (Fsp3) is 0.467. The molecule has 0 heterocycles. The standard InChI is InChI=1S/C15H16F2N2O/c16-11-5-6-12(13(17)9-11)15(10-3-1-2-4-10)19-14(20)7-8-18/h5-6,9-10,15H,1-4,7H2,(H,19,20). The van der Waals surface area contributed by atoms with E-state index in [0.717, 1.165) is 31.7 Å². The van der Waals surface area contributed by atoms with E-state index in [1.807, 2.05) is 0 Å². The summed E-state index contributed by atoms with van der Waals surface area (Å²) in [5, 5.41) is 11.3. The van der Waals surface area contributed by atoms with Crippen LogP contribution in [0.3, 0.4) is 0 Å². The fourth-order valence-electron chi connectivity index (χ4n) is 2.79. The largest absolute Gasteiger partial charge is 0.348 e. The summed E-state index contributed by atoms with van der Waals surface area (Å²) in [6.45, 7) is 0. The fourth-order valence-corrected chi connectivity index (χ4v) is 2.79. The summed E-state index contributed by atoms with van der Waals surface area (Å²) < 4.78 is 26.9. The number of nitriles is 1. The zero-order valence-electron chi connectivity index (χ0n) is 11.0. The van der Waals surface area contributed by atoms with Crippen molar-refractivity contribution >= 4 is 5.91 Å². The topological polar surface area (TPSA) is 52.9 Å². The maximum Gasteiger partial charge on any atom is 0.234 e. The van der Waals surface area contributed by atoms with Crippen molar-refractivity contribution in [3.63, 3.8) is 0 Å². The molecule has 1 saturated carbocycles. The summed E-state index contributed by atoms with van der Waals surface area (Å²) in [5.74, 6) is -1.58. The number of nitrogens with zero attached hydrogens (tertiary/aromatic N) is 1. The molecule has 1 fully saturated rings. The van der Waals surface area contributed by atoms with Gasteiger partial charge in [0, 0.05) is 11.6 Å². The first kappa shape index (κ1) is 14.4. The molecule has 1 amide bonds. The van der Waals surface area contributed by atoms with Crippen LogP contribution in [0.25, 0.3) is 0 Å². The molecule has 1 aliphatic rings.